The maximum Gasteiger partial charge on any atom is 0.123 e. The van der Waals surface area contributed by atoms with Crippen LogP contribution in [0.15, 0.2) is 24.4 Å². The van der Waals surface area contributed by atoms with Crippen molar-refractivity contribution in [2.24, 2.45) is 0 Å². The lowest BCUT2D eigenvalue weighted by atomic mass is 9.97. The lowest BCUT2D eigenvalue weighted by Crippen LogP contribution is -1.94. The van der Waals surface area contributed by atoms with Crippen molar-refractivity contribution in [1.82, 2.24) is 4.98 Å². The van der Waals surface area contributed by atoms with Gasteiger partial charge in [-0.1, -0.05) is 12.2 Å². The van der Waals surface area contributed by atoms with Gasteiger partial charge in [0.15, 0.2) is 0 Å². The molecule has 14 heavy (non-hydrogen) atoms. The molecule has 0 bridgehead atoms. The van der Waals surface area contributed by atoms with E-state index in [1.165, 1.54) is 22.0 Å². The second-order valence-corrected chi connectivity index (χ2v) is 3.52. The minimum Gasteiger partial charge on any atom is -0.496 e. The fourth-order valence-corrected chi connectivity index (χ4v) is 2.14. The number of hydrogen-bond acceptors (Lipinski definition) is 1. The molecule has 1 N–H and O–H groups in total. The first kappa shape index (κ1) is 7.68. The zero-order valence-corrected chi connectivity index (χ0v) is 8.00. The van der Waals surface area contributed by atoms with E-state index >= 15 is 0 Å². The summed E-state index contributed by atoms with van der Waals surface area (Å²) in [5.41, 5.74) is 3.75. The molecule has 2 heteroatoms. The zero-order valence-electron chi connectivity index (χ0n) is 8.00. The molecule has 1 heterocycles. The summed E-state index contributed by atoms with van der Waals surface area (Å²) in [7, 11) is 1.72. The van der Waals surface area contributed by atoms with Gasteiger partial charge in [0.1, 0.15) is 5.75 Å². The van der Waals surface area contributed by atoms with Gasteiger partial charge in [-0.3, -0.25) is 0 Å². The fraction of sp³-hybridized carbons (Fsp3) is 0.167. The molecule has 3 rings (SSSR count). The topological polar surface area (TPSA) is 25.0 Å². The number of ether oxygens (including phenoxy) is 1. The van der Waals surface area contributed by atoms with Crippen LogP contribution in [0, 0.1) is 0 Å². The second kappa shape index (κ2) is 2.64. The van der Waals surface area contributed by atoms with E-state index in [4.69, 9.17) is 4.74 Å². The number of rotatable bonds is 1. The smallest absolute Gasteiger partial charge is 0.123 e. The molecule has 0 fully saturated rings. The fourth-order valence-electron chi connectivity index (χ4n) is 2.14. The minimum absolute atomic E-state index is 0.964. The zero-order chi connectivity index (χ0) is 9.54. The molecular weight excluding hydrogens is 174 g/mol. The number of methoxy groups -OCH3 is 1. The van der Waals surface area contributed by atoms with Gasteiger partial charge in [0.25, 0.3) is 0 Å². The number of H-pyrrole nitrogens is 1. The molecule has 0 spiro atoms. The van der Waals surface area contributed by atoms with Crippen LogP contribution in [0.1, 0.15) is 11.1 Å². The molecule has 0 aliphatic heterocycles. The summed E-state index contributed by atoms with van der Waals surface area (Å²) in [6.45, 7) is 0. The van der Waals surface area contributed by atoms with Crippen LogP contribution in [0.2, 0.25) is 0 Å². The van der Waals surface area contributed by atoms with Gasteiger partial charge >= 0.3 is 0 Å². The first-order valence-corrected chi connectivity index (χ1v) is 4.73. The van der Waals surface area contributed by atoms with Crippen molar-refractivity contribution in [3.63, 3.8) is 0 Å². The average Bonchev–Trinajstić information content (AvgIpc) is 2.65. The van der Waals surface area contributed by atoms with Crippen LogP contribution in [-0.4, -0.2) is 12.1 Å². The third-order valence-corrected chi connectivity index (χ3v) is 2.78. The van der Waals surface area contributed by atoms with Crippen LogP contribution < -0.4 is 4.74 Å². The summed E-state index contributed by atoms with van der Waals surface area (Å²) in [6, 6.07) is 4.09. The molecule has 0 amide bonds. The second-order valence-electron chi connectivity index (χ2n) is 3.52. The Kier molecular flexibility index (Phi) is 1.45. The average molecular weight is 185 g/mol. The third kappa shape index (κ3) is 0.854. The highest BCUT2D eigenvalue weighted by atomic mass is 16.5. The van der Waals surface area contributed by atoms with Gasteiger partial charge in [0.05, 0.1) is 7.11 Å². The van der Waals surface area contributed by atoms with Gasteiger partial charge in [-0.05, 0) is 24.1 Å². The highest BCUT2D eigenvalue weighted by Gasteiger charge is 2.13. The predicted molar refractivity (Wildman–Crippen MR) is 57.6 cm³/mol. The predicted octanol–water partition coefficient (Wildman–Crippen LogP) is 2.75. The number of hydrogen-bond donors (Lipinski definition) is 1. The Balaban J connectivity index is 2.45. The van der Waals surface area contributed by atoms with Gasteiger partial charge < -0.3 is 9.72 Å². The summed E-state index contributed by atoms with van der Waals surface area (Å²) in [5.74, 6) is 0.989. The molecule has 0 unspecified atom stereocenters. The van der Waals surface area contributed by atoms with E-state index in [1.54, 1.807) is 7.11 Å². The van der Waals surface area contributed by atoms with Crippen LogP contribution >= 0.6 is 0 Å². The molecule has 1 aliphatic carbocycles. The van der Waals surface area contributed by atoms with Gasteiger partial charge in [-0.2, -0.15) is 0 Å². The van der Waals surface area contributed by atoms with Crippen molar-refractivity contribution < 1.29 is 4.74 Å². The molecule has 2 aromatic rings. The highest BCUT2D eigenvalue weighted by Crippen LogP contribution is 2.34. The first-order chi connectivity index (χ1) is 6.90. The Morgan fingerprint density at radius 2 is 2.29 bits per heavy atom. The standard InChI is InChI=1S/C12H11NO/c1-14-11-6-5-10-12-8(7-13-10)3-2-4-9(11)12/h2-3,5-7,13H,4H2,1H3. The molecule has 1 aromatic heterocycles. The van der Waals surface area contributed by atoms with E-state index in [-0.39, 0.29) is 0 Å². The SMILES string of the molecule is COc1ccc2[nH]cc3c2c1CC=C3. The van der Waals surface area contributed by atoms with Crippen LogP contribution in [-0.2, 0) is 6.42 Å². The number of allylic oxidation sites excluding steroid dienone is 1. The molecule has 70 valence electrons. The van der Waals surface area contributed by atoms with Gasteiger partial charge in [0.2, 0.25) is 0 Å². The normalized spacial score (nSPS) is 13.5. The summed E-state index contributed by atoms with van der Waals surface area (Å²) < 4.78 is 5.35. The number of nitrogens with one attached hydrogen (secondary N) is 1. The van der Waals surface area contributed by atoms with E-state index < -0.39 is 0 Å². The third-order valence-electron chi connectivity index (χ3n) is 2.78. The van der Waals surface area contributed by atoms with Gasteiger partial charge in [0, 0.05) is 22.7 Å². The number of benzene rings is 1. The van der Waals surface area contributed by atoms with Gasteiger partial charge in [-0.15, -0.1) is 0 Å². The maximum atomic E-state index is 5.35. The van der Waals surface area contributed by atoms with Crippen molar-refractivity contribution >= 4 is 17.0 Å². The Morgan fingerprint density at radius 3 is 3.14 bits per heavy atom. The monoisotopic (exact) mass is 185 g/mol. The van der Waals surface area contributed by atoms with Gasteiger partial charge in [-0.25, -0.2) is 0 Å². The molecule has 0 atom stereocenters. The van der Waals surface area contributed by atoms with Crippen LogP contribution in [0.3, 0.4) is 0 Å². The van der Waals surface area contributed by atoms with Crippen LogP contribution in [0.5, 0.6) is 5.75 Å². The molecular formula is C12H11NO. The van der Waals surface area contributed by atoms with E-state index in [9.17, 15) is 0 Å². The van der Waals surface area contributed by atoms with Crippen molar-refractivity contribution in [3.05, 3.63) is 35.5 Å². The minimum atomic E-state index is 0.964. The molecule has 0 radical (unpaired) electrons. The Hall–Kier alpha value is -1.70. The molecule has 1 aromatic carbocycles. The van der Waals surface area contributed by atoms with Crippen molar-refractivity contribution in [3.8, 4) is 5.75 Å². The summed E-state index contributed by atoms with van der Waals surface area (Å²) in [5, 5.41) is 1.31. The molecule has 2 nitrogen and oxygen atoms in total. The van der Waals surface area contributed by atoms with E-state index in [0.717, 1.165) is 12.2 Å². The number of aromatic amines is 1. The first-order valence-electron chi connectivity index (χ1n) is 4.73. The summed E-state index contributed by atoms with van der Waals surface area (Å²) >= 11 is 0. The lowest BCUT2D eigenvalue weighted by Gasteiger charge is -2.11. The lowest BCUT2D eigenvalue weighted by molar-refractivity contribution is 0.411. The maximum absolute atomic E-state index is 5.35. The van der Waals surface area contributed by atoms with Crippen LogP contribution in [0.25, 0.3) is 17.0 Å². The summed E-state index contributed by atoms with van der Waals surface area (Å²) in [6.07, 6.45) is 7.34. The van der Waals surface area contributed by atoms with Crippen molar-refractivity contribution in [2.75, 3.05) is 7.11 Å². The molecule has 0 saturated carbocycles. The largest absolute Gasteiger partial charge is 0.496 e. The Bertz CT molecular complexity index is 522. The Labute approximate surface area is 82.2 Å². The van der Waals surface area contributed by atoms with E-state index in [1.807, 2.05) is 12.3 Å². The van der Waals surface area contributed by atoms with E-state index in [2.05, 4.69) is 23.2 Å². The quantitative estimate of drug-likeness (QED) is 0.726. The number of aromatic nitrogens is 1. The Morgan fingerprint density at radius 1 is 1.36 bits per heavy atom. The molecule has 1 aliphatic rings. The van der Waals surface area contributed by atoms with Crippen molar-refractivity contribution in [1.29, 1.82) is 0 Å². The van der Waals surface area contributed by atoms with Crippen LogP contribution in [0.4, 0.5) is 0 Å². The highest BCUT2D eigenvalue weighted by molar-refractivity contribution is 5.95. The van der Waals surface area contributed by atoms with Crippen molar-refractivity contribution in [2.45, 2.75) is 6.42 Å². The summed E-state index contributed by atoms with van der Waals surface area (Å²) in [4.78, 5) is 3.26. The molecule has 0 saturated heterocycles. The van der Waals surface area contributed by atoms with E-state index in [0.29, 0.717) is 0 Å².